The molecule has 3 heteroatoms. The molecular weight excluding hydrogens is 196 g/mol. The Bertz CT molecular complexity index is 212. The van der Waals surface area contributed by atoms with Crippen LogP contribution in [0.5, 0.6) is 0 Å². The van der Waals surface area contributed by atoms with Crippen LogP contribution in [0.2, 0.25) is 0 Å². The van der Waals surface area contributed by atoms with Gasteiger partial charge >= 0.3 is 0 Å². The van der Waals surface area contributed by atoms with Gasteiger partial charge in [0.25, 0.3) is 5.92 Å². The summed E-state index contributed by atoms with van der Waals surface area (Å²) >= 11 is 0. The van der Waals surface area contributed by atoms with Crippen molar-refractivity contribution in [3.05, 3.63) is 0 Å². The van der Waals surface area contributed by atoms with Crippen molar-refractivity contribution in [2.24, 2.45) is 11.8 Å². The highest BCUT2D eigenvalue weighted by Crippen LogP contribution is 2.41. The van der Waals surface area contributed by atoms with Gasteiger partial charge in [-0.3, -0.25) is 4.90 Å². The van der Waals surface area contributed by atoms with Crippen molar-refractivity contribution < 1.29 is 8.78 Å². The van der Waals surface area contributed by atoms with Crippen LogP contribution in [0.1, 0.15) is 39.5 Å². The maximum Gasteiger partial charge on any atom is 0.251 e. The molecule has 0 aromatic heterocycles. The first-order chi connectivity index (χ1) is 6.98. The number of hydrogen-bond acceptors (Lipinski definition) is 1. The minimum absolute atomic E-state index is 0.0966. The molecule has 1 nitrogen and oxygen atoms in total. The Labute approximate surface area is 90.8 Å². The third-order valence-corrected chi connectivity index (χ3v) is 4.10. The monoisotopic (exact) mass is 217 g/mol. The fraction of sp³-hybridized carbons (Fsp3) is 1.00. The van der Waals surface area contributed by atoms with Crippen LogP contribution in [0.25, 0.3) is 0 Å². The molecule has 1 saturated heterocycles. The average Bonchev–Trinajstić information content (AvgIpc) is 2.14. The van der Waals surface area contributed by atoms with E-state index in [2.05, 4.69) is 18.7 Å². The van der Waals surface area contributed by atoms with E-state index in [4.69, 9.17) is 0 Å². The molecule has 15 heavy (non-hydrogen) atoms. The van der Waals surface area contributed by atoms with Crippen LogP contribution >= 0.6 is 0 Å². The lowest BCUT2D eigenvalue weighted by molar-refractivity contribution is -0.129. The minimum atomic E-state index is -2.36. The molecule has 1 aliphatic carbocycles. The van der Waals surface area contributed by atoms with Crippen molar-refractivity contribution in [2.45, 2.75) is 51.5 Å². The van der Waals surface area contributed by atoms with E-state index in [1.807, 2.05) is 0 Å². The Kier molecular flexibility index (Phi) is 3.02. The van der Waals surface area contributed by atoms with E-state index in [0.29, 0.717) is 0 Å². The summed E-state index contributed by atoms with van der Waals surface area (Å²) in [6.45, 7) is 6.59. The van der Waals surface area contributed by atoms with Crippen molar-refractivity contribution in [2.75, 3.05) is 13.1 Å². The van der Waals surface area contributed by atoms with E-state index in [1.54, 1.807) is 0 Å². The summed E-state index contributed by atoms with van der Waals surface area (Å²) in [4.78, 5) is 2.27. The van der Waals surface area contributed by atoms with Crippen molar-refractivity contribution in [3.63, 3.8) is 0 Å². The summed E-state index contributed by atoms with van der Waals surface area (Å²) in [5, 5.41) is 0. The van der Waals surface area contributed by atoms with Gasteiger partial charge in [0.15, 0.2) is 0 Å². The average molecular weight is 217 g/mol. The Balaban J connectivity index is 1.75. The van der Waals surface area contributed by atoms with Crippen LogP contribution in [-0.2, 0) is 0 Å². The van der Waals surface area contributed by atoms with E-state index < -0.39 is 5.92 Å². The van der Waals surface area contributed by atoms with E-state index in [1.165, 1.54) is 12.8 Å². The Morgan fingerprint density at radius 1 is 1.13 bits per heavy atom. The molecule has 2 rings (SSSR count). The maximum absolute atomic E-state index is 12.7. The van der Waals surface area contributed by atoms with Gasteiger partial charge in [-0.1, -0.05) is 13.8 Å². The summed E-state index contributed by atoms with van der Waals surface area (Å²) in [5.41, 5.74) is 0. The van der Waals surface area contributed by atoms with Gasteiger partial charge in [-0.2, -0.15) is 0 Å². The molecule has 0 aromatic rings. The van der Waals surface area contributed by atoms with Crippen LogP contribution in [0.4, 0.5) is 8.78 Å². The zero-order chi connectivity index (χ0) is 11.1. The molecule has 2 fully saturated rings. The molecule has 2 aliphatic rings. The fourth-order valence-electron chi connectivity index (χ4n) is 2.84. The highest BCUT2D eigenvalue weighted by Gasteiger charge is 2.48. The van der Waals surface area contributed by atoms with Gasteiger partial charge in [0, 0.05) is 18.9 Å². The molecule has 0 amide bonds. The van der Waals surface area contributed by atoms with Crippen molar-refractivity contribution in [1.82, 2.24) is 4.90 Å². The van der Waals surface area contributed by atoms with Crippen LogP contribution in [0.3, 0.4) is 0 Å². The standard InChI is InChI=1S/C12H21F2N/c1-9(2)10-3-5-15(6-4-10)11-7-12(13,14)8-11/h9-11H,3-8H2,1-2H3. The third kappa shape index (κ3) is 2.49. The number of rotatable bonds is 2. The van der Waals surface area contributed by atoms with E-state index >= 15 is 0 Å². The highest BCUT2D eigenvalue weighted by atomic mass is 19.3. The van der Waals surface area contributed by atoms with Crippen LogP contribution in [0.15, 0.2) is 0 Å². The second-order valence-corrected chi connectivity index (χ2v) is 5.54. The number of alkyl halides is 2. The van der Waals surface area contributed by atoms with Crippen LogP contribution in [0, 0.1) is 11.8 Å². The van der Waals surface area contributed by atoms with Gasteiger partial charge < -0.3 is 0 Å². The summed E-state index contributed by atoms with van der Waals surface area (Å²) in [7, 11) is 0. The zero-order valence-electron chi connectivity index (χ0n) is 9.68. The van der Waals surface area contributed by atoms with Crippen LogP contribution < -0.4 is 0 Å². The van der Waals surface area contributed by atoms with Gasteiger partial charge in [-0.25, -0.2) is 8.78 Å². The third-order valence-electron chi connectivity index (χ3n) is 4.10. The quantitative estimate of drug-likeness (QED) is 0.686. The topological polar surface area (TPSA) is 3.24 Å². The molecule has 0 radical (unpaired) electrons. The fourth-order valence-corrected chi connectivity index (χ4v) is 2.84. The lowest BCUT2D eigenvalue weighted by Gasteiger charge is -2.45. The molecule has 0 N–H and O–H groups in total. The molecule has 1 saturated carbocycles. The zero-order valence-corrected chi connectivity index (χ0v) is 9.68. The summed E-state index contributed by atoms with van der Waals surface area (Å²) in [6, 6.07) is 0.174. The summed E-state index contributed by atoms with van der Waals surface area (Å²) in [6.07, 6.45) is 2.58. The number of piperidine rings is 1. The summed E-state index contributed by atoms with van der Waals surface area (Å²) < 4.78 is 25.4. The second-order valence-electron chi connectivity index (χ2n) is 5.54. The smallest absolute Gasteiger partial charge is 0.251 e. The molecule has 1 heterocycles. The normalized spacial score (nSPS) is 29.4. The minimum Gasteiger partial charge on any atom is -0.300 e. The number of hydrogen-bond donors (Lipinski definition) is 0. The largest absolute Gasteiger partial charge is 0.300 e. The van der Waals surface area contributed by atoms with Crippen molar-refractivity contribution in [1.29, 1.82) is 0 Å². The van der Waals surface area contributed by atoms with Gasteiger partial charge in [0.1, 0.15) is 0 Å². The molecular formula is C12H21F2N. The second kappa shape index (κ2) is 4.00. The van der Waals surface area contributed by atoms with Gasteiger partial charge in [0.05, 0.1) is 0 Å². The molecule has 0 unspecified atom stereocenters. The number of halogens is 2. The first-order valence-electron chi connectivity index (χ1n) is 6.10. The highest BCUT2D eigenvalue weighted by molar-refractivity contribution is 4.94. The van der Waals surface area contributed by atoms with Gasteiger partial charge in [-0.15, -0.1) is 0 Å². The first-order valence-corrected chi connectivity index (χ1v) is 6.10. The van der Waals surface area contributed by atoms with E-state index in [-0.39, 0.29) is 18.9 Å². The first kappa shape index (κ1) is 11.3. The Morgan fingerprint density at radius 2 is 1.67 bits per heavy atom. The van der Waals surface area contributed by atoms with Crippen molar-refractivity contribution in [3.8, 4) is 0 Å². The number of likely N-dealkylation sites (tertiary alicyclic amines) is 1. The molecule has 0 bridgehead atoms. The molecule has 0 aromatic carbocycles. The predicted octanol–water partition coefficient (Wildman–Crippen LogP) is 3.15. The summed E-state index contributed by atoms with van der Waals surface area (Å²) in [5.74, 6) is -0.809. The van der Waals surface area contributed by atoms with Gasteiger partial charge in [0.2, 0.25) is 0 Å². The molecule has 88 valence electrons. The van der Waals surface area contributed by atoms with E-state index in [0.717, 1.165) is 24.9 Å². The SMILES string of the molecule is CC(C)C1CCN(C2CC(F)(F)C2)CC1. The number of nitrogens with zero attached hydrogens (tertiary/aromatic N) is 1. The van der Waals surface area contributed by atoms with Crippen molar-refractivity contribution >= 4 is 0 Å². The molecule has 0 spiro atoms. The Hall–Kier alpha value is -0.180. The maximum atomic E-state index is 12.7. The molecule has 0 atom stereocenters. The molecule has 1 aliphatic heterocycles. The lowest BCUT2D eigenvalue weighted by Crippen LogP contribution is -2.53. The van der Waals surface area contributed by atoms with Crippen LogP contribution in [-0.4, -0.2) is 30.0 Å². The Morgan fingerprint density at radius 3 is 2.07 bits per heavy atom. The predicted molar refractivity (Wildman–Crippen MR) is 57.1 cm³/mol. The van der Waals surface area contributed by atoms with Gasteiger partial charge in [-0.05, 0) is 37.8 Å². The lowest BCUT2D eigenvalue weighted by atomic mass is 9.82. The van der Waals surface area contributed by atoms with E-state index in [9.17, 15) is 8.78 Å².